The summed E-state index contributed by atoms with van der Waals surface area (Å²) >= 11 is 0. The summed E-state index contributed by atoms with van der Waals surface area (Å²) in [6, 6.07) is 12.3. The van der Waals surface area contributed by atoms with E-state index in [-0.39, 0.29) is 0 Å². The lowest BCUT2D eigenvalue weighted by atomic mass is 9.79. The maximum absolute atomic E-state index is 3.97. The van der Waals surface area contributed by atoms with Crippen molar-refractivity contribution in [3.8, 4) is 0 Å². The van der Waals surface area contributed by atoms with Crippen molar-refractivity contribution in [2.24, 2.45) is 11.8 Å². The first-order valence-corrected chi connectivity index (χ1v) is 8.78. The highest BCUT2D eigenvalue weighted by Gasteiger charge is 2.28. The summed E-state index contributed by atoms with van der Waals surface area (Å²) in [5.41, 5.74) is 1.39. The Bertz CT molecular complexity index is 422. The molecule has 0 spiro atoms. The molecule has 0 radical (unpaired) electrons. The minimum atomic E-state index is 0.728. The highest BCUT2D eigenvalue weighted by atomic mass is 15.1. The number of hydrogen-bond donors (Lipinski definition) is 1. The third-order valence-electron chi connectivity index (χ3n) is 5.50. The second-order valence-corrected chi connectivity index (χ2v) is 7.27. The lowest BCUT2D eigenvalue weighted by Crippen LogP contribution is -2.49. The summed E-state index contributed by atoms with van der Waals surface area (Å²) in [5, 5.41) is 3.97. The minimum absolute atomic E-state index is 0.728. The number of benzene rings is 1. The number of anilines is 1. The molecule has 1 saturated carbocycles. The van der Waals surface area contributed by atoms with Crippen LogP contribution in [0.1, 0.15) is 46.0 Å². The van der Waals surface area contributed by atoms with Gasteiger partial charge >= 0.3 is 0 Å². The summed E-state index contributed by atoms with van der Waals surface area (Å²) in [7, 11) is 0. The molecule has 0 bridgehead atoms. The van der Waals surface area contributed by atoms with E-state index >= 15 is 0 Å². The van der Waals surface area contributed by atoms with E-state index in [1.165, 1.54) is 50.9 Å². The van der Waals surface area contributed by atoms with Gasteiger partial charge in [-0.25, -0.2) is 0 Å². The molecule has 1 saturated heterocycles. The molecule has 1 N–H and O–H groups in total. The molecule has 21 heavy (non-hydrogen) atoms. The van der Waals surface area contributed by atoms with Gasteiger partial charge in [0.25, 0.3) is 0 Å². The van der Waals surface area contributed by atoms with Gasteiger partial charge in [-0.05, 0) is 56.1 Å². The number of rotatable bonds is 3. The smallest absolute Gasteiger partial charge is 0.0366 e. The van der Waals surface area contributed by atoms with Gasteiger partial charge in [-0.2, -0.15) is 0 Å². The standard InChI is InChI=1S/C19H30N2/c1-15-8-9-19(16(2)14-15)20-17-10-12-21(13-11-17)18-6-4-3-5-7-18/h3-7,15-17,19-20H,8-14H2,1-2H3. The largest absolute Gasteiger partial charge is 0.371 e. The number of nitrogens with zero attached hydrogens (tertiary/aromatic N) is 1. The fourth-order valence-corrected chi connectivity index (χ4v) is 4.16. The molecule has 1 aliphatic carbocycles. The van der Waals surface area contributed by atoms with Gasteiger partial charge in [0.2, 0.25) is 0 Å². The normalized spacial score (nSPS) is 31.3. The summed E-state index contributed by atoms with van der Waals surface area (Å²) in [6.07, 6.45) is 6.76. The van der Waals surface area contributed by atoms with Gasteiger partial charge in [0, 0.05) is 30.9 Å². The highest BCUT2D eigenvalue weighted by Crippen LogP contribution is 2.30. The summed E-state index contributed by atoms with van der Waals surface area (Å²) in [4.78, 5) is 2.53. The predicted octanol–water partition coefficient (Wildman–Crippen LogP) is 4.07. The van der Waals surface area contributed by atoms with Crippen molar-refractivity contribution in [1.82, 2.24) is 5.32 Å². The first-order valence-electron chi connectivity index (χ1n) is 8.78. The summed E-state index contributed by atoms with van der Waals surface area (Å²) in [5.74, 6) is 1.78. The van der Waals surface area contributed by atoms with Gasteiger partial charge in [-0.15, -0.1) is 0 Å². The second-order valence-electron chi connectivity index (χ2n) is 7.27. The van der Waals surface area contributed by atoms with Crippen molar-refractivity contribution in [2.75, 3.05) is 18.0 Å². The van der Waals surface area contributed by atoms with E-state index in [9.17, 15) is 0 Å². The van der Waals surface area contributed by atoms with Crippen molar-refractivity contribution < 1.29 is 0 Å². The fourth-order valence-electron chi connectivity index (χ4n) is 4.16. The van der Waals surface area contributed by atoms with Crippen LogP contribution in [0.25, 0.3) is 0 Å². The van der Waals surface area contributed by atoms with E-state index in [1.807, 2.05) is 0 Å². The highest BCUT2D eigenvalue weighted by molar-refractivity contribution is 5.46. The Morgan fingerprint density at radius 1 is 0.952 bits per heavy atom. The van der Waals surface area contributed by atoms with Crippen LogP contribution in [-0.2, 0) is 0 Å². The van der Waals surface area contributed by atoms with Gasteiger partial charge in [-0.1, -0.05) is 32.0 Å². The van der Waals surface area contributed by atoms with Gasteiger partial charge in [0.15, 0.2) is 0 Å². The number of hydrogen-bond acceptors (Lipinski definition) is 2. The van der Waals surface area contributed by atoms with Crippen molar-refractivity contribution in [3.05, 3.63) is 30.3 Å². The van der Waals surface area contributed by atoms with Crippen LogP contribution in [0.15, 0.2) is 30.3 Å². The minimum Gasteiger partial charge on any atom is -0.371 e. The Labute approximate surface area is 129 Å². The zero-order valence-corrected chi connectivity index (χ0v) is 13.6. The van der Waals surface area contributed by atoms with Crippen LogP contribution in [0, 0.1) is 11.8 Å². The molecule has 3 atom stereocenters. The number of para-hydroxylation sites is 1. The maximum Gasteiger partial charge on any atom is 0.0366 e. The van der Waals surface area contributed by atoms with E-state index in [0.29, 0.717) is 0 Å². The molecule has 116 valence electrons. The zero-order valence-electron chi connectivity index (χ0n) is 13.6. The first kappa shape index (κ1) is 14.9. The van der Waals surface area contributed by atoms with Gasteiger partial charge < -0.3 is 10.2 Å². The van der Waals surface area contributed by atoms with E-state index in [0.717, 1.165) is 23.9 Å². The Morgan fingerprint density at radius 3 is 2.33 bits per heavy atom. The number of piperidine rings is 1. The van der Waals surface area contributed by atoms with Crippen LogP contribution in [-0.4, -0.2) is 25.2 Å². The van der Waals surface area contributed by atoms with Crippen LogP contribution in [0.5, 0.6) is 0 Å². The zero-order chi connectivity index (χ0) is 14.7. The van der Waals surface area contributed by atoms with Gasteiger partial charge in [0.05, 0.1) is 0 Å². The van der Waals surface area contributed by atoms with Crippen molar-refractivity contribution in [1.29, 1.82) is 0 Å². The van der Waals surface area contributed by atoms with Crippen LogP contribution < -0.4 is 10.2 Å². The van der Waals surface area contributed by atoms with Crippen molar-refractivity contribution in [2.45, 2.75) is 58.0 Å². The molecule has 3 unspecified atom stereocenters. The first-order chi connectivity index (χ1) is 10.2. The van der Waals surface area contributed by atoms with Gasteiger partial charge in [-0.3, -0.25) is 0 Å². The van der Waals surface area contributed by atoms with Crippen LogP contribution in [0.3, 0.4) is 0 Å². The molecule has 2 nitrogen and oxygen atoms in total. The van der Waals surface area contributed by atoms with Crippen molar-refractivity contribution >= 4 is 5.69 Å². The van der Waals surface area contributed by atoms with E-state index in [4.69, 9.17) is 0 Å². The summed E-state index contributed by atoms with van der Waals surface area (Å²) in [6.45, 7) is 7.23. The molecule has 2 heteroatoms. The summed E-state index contributed by atoms with van der Waals surface area (Å²) < 4.78 is 0. The Balaban J connectivity index is 1.48. The Morgan fingerprint density at radius 2 is 1.67 bits per heavy atom. The van der Waals surface area contributed by atoms with E-state index in [2.05, 4.69) is 54.4 Å². The quantitative estimate of drug-likeness (QED) is 0.901. The lowest BCUT2D eigenvalue weighted by molar-refractivity contribution is 0.204. The average Bonchev–Trinajstić information content (AvgIpc) is 2.52. The molecule has 1 heterocycles. The lowest BCUT2D eigenvalue weighted by Gasteiger charge is -2.39. The molecule has 3 rings (SSSR count). The third-order valence-corrected chi connectivity index (χ3v) is 5.50. The molecular formula is C19H30N2. The Hall–Kier alpha value is -1.02. The van der Waals surface area contributed by atoms with Crippen LogP contribution in [0.4, 0.5) is 5.69 Å². The molecular weight excluding hydrogens is 256 g/mol. The average molecular weight is 286 g/mol. The predicted molar refractivity (Wildman–Crippen MR) is 90.8 cm³/mol. The molecule has 0 amide bonds. The van der Waals surface area contributed by atoms with Crippen molar-refractivity contribution in [3.63, 3.8) is 0 Å². The SMILES string of the molecule is CC1CCC(NC2CCN(c3ccccc3)CC2)C(C)C1. The second kappa shape index (κ2) is 6.83. The number of nitrogens with one attached hydrogen (secondary N) is 1. The molecule has 1 aromatic carbocycles. The van der Waals surface area contributed by atoms with E-state index < -0.39 is 0 Å². The third kappa shape index (κ3) is 3.79. The molecule has 0 aromatic heterocycles. The van der Waals surface area contributed by atoms with E-state index in [1.54, 1.807) is 0 Å². The monoisotopic (exact) mass is 286 g/mol. The Kier molecular flexibility index (Phi) is 4.84. The molecule has 2 aliphatic rings. The topological polar surface area (TPSA) is 15.3 Å². The molecule has 1 aliphatic heterocycles. The van der Waals surface area contributed by atoms with Crippen LogP contribution >= 0.6 is 0 Å². The maximum atomic E-state index is 3.97. The van der Waals surface area contributed by atoms with Gasteiger partial charge in [0.1, 0.15) is 0 Å². The molecule has 2 fully saturated rings. The molecule has 1 aromatic rings. The fraction of sp³-hybridized carbons (Fsp3) is 0.684. The van der Waals surface area contributed by atoms with Crippen LogP contribution in [0.2, 0.25) is 0 Å².